The SMILES string of the molecule is Nc1cn[nH]c1C(=O)Nc1ccc(NC(=O)C2CC2)cc1. The van der Waals surface area contributed by atoms with Crippen molar-refractivity contribution in [2.24, 2.45) is 5.92 Å². The predicted molar refractivity (Wildman–Crippen MR) is 78.7 cm³/mol. The van der Waals surface area contributed by atoms with Gasteiger partial charge in [-0.3, -0.25) is 14.7 Å². The van der Waals surface area contributed by atoms with E-state index in [0.29, 0.717) is 17.1 Å². The number of amides is 2. The molecule has 1 aliphatic carbocycles. The standard InChI is InChI=1S/C14H15N5O2/c15-11-7-16-19-12(11)14(21)18-10-5-3-9(4-6-10)17-13(20)8-1-2-8/h3-8H,1-2,15H2,(H,16,19)(H,17,20)(H,18,21). The number of anilines is 3. The first-order valence-electron chi connectivity index (χ1n) is 6.64. The number of carbonyl (C=O) groups excluding carboxylic acids is 2. The number of rotatable bonds is 4. The third-order valence-corrected chi connectivity index (χ3v) is 3.25. The molecule has 0 spiro atoms. The highest BCUT2D eigenvalue weighted by Crippen LogP contribution is 2.30. The summed E-state index contributed by atoms with van der Waals surface area (Å²) in [6, 6.07) is 6.92. The number of nitrogen functional groups attached to an aromatic ring is 1. The Morgan fingerprint density at radius 2 is 1.76 bits per heavy atom. The van der Waals surface area contributed by atoms with E-state index in [9.17, 15) is 9.59 Å². The molecule has 0 unspecified atom stereocenters. The molecule has 0 saturated heterocycles. The second kappa shape index (κ2) is 5.28. The lowest BCUT2D eigenvalue weighted by molar-refractivity contribution is -0.117. The van der Waals surface area contributed by atoms with Gasteiger partial charge < -0.3 is 16.4 Å². The normalized spacial score (nSPS) is 13.7. The Labute approximate surface area is 120 Å². The lowest BCUT2D eigenvalue weighted by atomic mass is 10.2. The van der Waals surface area contributed by atoms with Gasteiger partial charge in [-0.05, 0) is 37.1 Å². The number of hydrogen-bond acceptors (Lipinski definition) is 4. The van der Waals surface area contributed by atoms with Crippen molar-refractivity contribution in [2.45, 2.75) is 12.8 Å². The van der Waals surface area contributed by atoms with E-state index >= 15 is 0 Å². The highest BCUT2D eigenvalue weighted by Gasteiger charge is 2.29. The molecule has 7 heteroatoms. The van der Waals surface area contributed by atoms with Crippen LogP contribution in [0.3, 0.4) is 0 Å². The van der Waals surface area contributed by atoms with E-state index in [1.807, 2.05) is 0 Å². The number of nitrogens with zero attached hydrogens (tertiary/aromatic N) is 1. The van der Waals surface area contributed by atoms with Gasteiger partial charge in [-0.2, -0.15) is 5.10 Å². The molecule has 108 valence electrons. The number of nitrogens with one attached hydrogen (secondary N) is 3. The lowest BCUT2D eigenvalue weighted by Crippen LogP contribution is -2.15. The van der Waals surface area contributed by atoms with Crippen LogP contribution in [0.5, 0.6) is 0 Å². The maximum absolute atomic E-state index is 11.9. The summed E-state index contributed by atoms with van der Waals surface area (Å²) in [6.45, 7) is 0. The molecule has 21 heavy (non-hydrogen) atoms. The van der Waals surface area contributed by atoms with Crippen molar-refractivity contribution in [3.63, 3.8) is 0 Å². The van der Waals surface area contributed by atoms with Crippen LogP contribution in [-0.4, -0.2) is 22.0 Å². The average Bonchev–Trinajstić information content (AvgIpc) is 3.23. The molecule has 7 nitrogen and oxygen atoms in total. The van der Waals surface area contributed by atoms with Gasteiger partial charge in [0.05, 0.1) is 11.9 Å². The van der Waals surface area contributed by atoms with Gasteiger partial charge in [-0.25, -0.2) is 0 Å². The molecule has 2 aromatic rings. The molecule has 1 aromatic heterocycles. The van der Waals surface area contributed by atoms with Gasteiger partial charge in [0.25, 0.3) is 5.91 Å². The summed E-state index contributed by atoms with van der Waals surface area (Å²) in [5.41, 5.74) is 7.45. The van der Waals surface area contributed by atoms with Gasteiger partial charge in [-0.15, -0.1) is 0 Å². The predicted octanol–water partition coefficient (Wildman–Crippen LogP) is 1.59. The zero-order valence-electron chi connectivity index (χ0n) is 11.2. The van der Waals surface area contributed by atoms with Crippen LogP contribution < -0.4 is 16.4 Å². The minimum atomic E-state index is -0.361. The highest BCUT2D eigenvalue weighted by molar-refractivity contribution is 6.06. The number of carbonyl (C=O) groups is 2. The Bertz CT molecular complexity index is 673. The van der Waals surface area contributed by atoms with Gasteiger partial charge in [0.1, 0.15) is 5.69 Å². The van der Waals surface area contributed by atoms with Crippen molar-refractivity contribution in [2.75, 3.05) is 16.4 Å². The zero-order chi connectivity index (χ0) is 14.8. The summed E-state index contributed by atoms with van der Waals surface area (Å²) in [6.07, 6.45) is 3.31. The highest BCUT2D eigenvalue weighted by atomic mass is 16.2. The molecule has 3 rings (SSSR count). The van der Waals surface area contributed by atoms with Crippen LogP contribution in [0.1, 0.15) is 23.3 Å². The minimum Gasteiger partial charge on any atom is -0.396 e. The average molecular weight is 285 g/mol. The van der Waals surface area contributed by atoms with E-state index in [0.717, 1.165) is 12.8 Å². The summed E-state index contributed by atoms with van der Waals surface area (Å²) >= 11 is 0. The van der Waals surface area contributed by atoms with Crippen LogP contribution >= 0.6 is 0 Å². The Morgan fingerprint density at radius 3 is 2.29 bits per heavy atom. The van der Waals surface area contributed by atoms with Crippen LogP contribution in [-0.2, 0) is 4.79 Å². The van der Waals surface area contributed by atoms with E-state index in [4.69, 9.17) is 5.73 Å². The maximum atomic E-state index is 11.9. The molecule has 0 aliphatic heterocycles. The zero-order valence-corrected chi connectivity index (χ0v) is 11.2. The van der Waals surface area contributed by atoms with Crippen molar-refractivity contribution >= 4 is 28.9 Å². The molecule has 5 N–H and O–H groups in total. The van der Waals surface area contributed by atoms with Crippen molar-refractivity contribution in [1.82, 2.24) is 10.2 Å². The van der Waals surface area contributed by atoms with Crippen LogP contribution in [0.25, 0.3) is 0 Å². The molecule has 1 saturated carbocycles. The molecular formula is C14H15N5O2. The molecule has 0 atom stereocenters. The second-order valence-corrected chi connectivity index (χ2v) is 5.00. The molecule has 1 aromatic carbocycles. The summed E-state index contributed by atoms with van der Waals surface area (Å²) in [4.78, 5) is 23.5. The van der Waals surface area contributed by atoms with Gasteiger partial charge in [0, 0.05) is 17.3 Å². The third kappa shape index (κ3) is 3.02. The molecule has 1 heterocycles. The maximum Gasteiger partial charge on any atom is 0.275 e. The van der Waals surface area contributed by atoms with Crippen LogP contribution in [0.2, 0.25) is 0 Å². The Morgan fingerprint density at radius 1 is 1.14 bits per heavy atom. The molecule has 1 fully saturated rings. The second-order valence-electron chi connectivity index (χ2n) is 5.00. The molecular weight excluding hydrogens is 270 g/mol. The minimum absolute atomic E-state index is 0.0528. The third-order valence-electron chi connectivity index (χ3n) is 3.25. The van der Waals surface area contributed by atoms with Gasteiger partial charge in [-0.1, -0.05) is 0 Å². The van der Waals surface area contributed by atoms with E-state index in [1.54, 1.807) is 24.3 Å². The smallest absolute Gasteiger partial charge is 0.275 e. The van der Waals surface area contributed by atoms with Crippen molar-refractivity contribution < 1.29 is 9.59 Å². The van der Waals surface area contributed by atoms with E-state index in [-0.39, 0.29) is 23.4 Å². The Balaban J connectivity index is 1.62. The molecule has 0 radical (unpaired) electrons. The lowest BCUT2D eigenvalue weighted by Gasteiger charge is -2.07. The van der Waals surface area contributed by atoms with Crippen LogP contribution in [0, 0.1) is 5.92 Å². The summed E-state index contributed by atoms with van der Waals surface area (Å²) < 4.78 is 0. The Hall–Kier alpha value is -2.83. The van der Waals surface area contributed by atoms with E-state index in [2.05, 4.69) is 20.8 Å². The summed E-state index contributed by atoms with van der Waals surface area (Å²) in [5, 5.41) is 11.8. The molecule has 1 aliphatic rings. The van der Waals surface area contributed by atoms with Crippen molar-refractivity contribution in [3.05, 3.63) is 36.2 Å². The summed E-state index contributed by atoms with van der Waals surface area (Å²) in [5.74, 6) is -0.149. The molecule has 0 bridgehead atoms. The summed E-state index contributed by atoms with van der Waals surface area (Å²) in [7, 11) is 0. The topological polar surface area (TPSA) is 113 Å². The quantitative estimate of drug-likeness (QED) is 0.683. The fraction of sp³-hybridized carbons (Fsp3) is 0.214. The van der Waals surface area contributed by atoms with E-state index < -0.39 is 0 Å². The largest absolute Gasteiger partial charge is 0.396 e. The monoisotopic (exact) mass is 285 g/mol. The van der Waals surface area contributed by atoms with E-state index in [1.165, 1.54) is 6.20 Å². The number of benzene rings is 1. The number of aromatic amines is 1. The van der Waals surface area contributed by atoms with Gasteiger partial charge in [0.2, 0.25) is 5.91 Å². The van der Waals surface area contributed by atoms with Crippen molar-refractivity contribution in [1.29, 1.82) is 0 Å². The fourth-order valence-corrected chi connectivity index (χ4v) is 1.90. The fourth-order valence-electron chi connectivity index (χ4n) is 1.90. The first-order chi connectivity index (χ1) is 10.1. The molecule has 2 amide bonds. The number of hydrogen-bond donors (Lipinski definition) is 4. The number of nitrogens with two attached hydrogens (primary N) is 1. The number of H-pyrrole nitrogens is 1. The van der Waals surface area contributed by atoms with Crippen LogP contribution in [0.4, 0.5) is 17.1 Å². The van der Waals surface area contributed by atoms with Crippen LogP contribution in [0.15, 0.2) is 30.5 Å². The Kier molecular flexibility index (Phi) is 3.31. The van der Waals surface area contributed by atoms with Crippen molar-refractivity contribution in [3.8, 4) is 0 Å². The first kappa shape index (κ1) is 13.2. The van der Waals surface area contributed by atoms with Gasteiger partial charge >= 0.3 is 0 Å². The first-order valence-corrected chi connectivity index (χ1v) is 6.64. The number of aromatic nitrogens is 2. The van der Waals surface area contributed by atoms with Gasteiger partial charge in [0.15, 0.2) is 0 Å².